The molecule has 124 valence electrons. The van der Waals surface area contributed by atoms with Gasteiger partial charge in [0.1, 0.15) is 5.76 Å². The Hall–Kier alpha value is -2.39. The minimum atomic E-state index is -4.33. The van der Waals surface area contributed by atoms with Gasteiger partial charge >= 0.3 is 6.03 Å². The van der Waals surface area contributed by atoms with Gasteiger partial charge in [-0.05, 0) is 18.2 Å². The van der Waals surface area contributed by atoms with E-state index in [1.165, 1.54) is 18.2 Å². The van der Waals surface area contributed by atoms with Gasteiger partial charge in [0.2, 0.25) is 0 Å². The Morgan fingerprint density at radius 1 is 1.22 bits per heavy atom. The van der Waals surface area contributed by atoms with Crippen LogP contribution in [0.15, 0.2) is 39.8 Å². The molecule has 0 unspecified atom stereocenters. The Morgan fingerprint density at radius 2 is 1.91 bits per heavy atom. The molecule has 0 bridgehead atoms. The average Bonchev–Trinajstić information content (AvgIpc) is 2.86. The van der Waals surface area contributed by atoms with E-state index in [1.807, 2.05) is 20.8 Å². The number of nitrogens with zero attached hydrogens (tertiary/aromatic N) is 1. The summed E-state index contributed by atoms with van der Waals surface area (Å²) in [6.45, 7) is 5.83. The summed E-state index contributed by atoms with van der Waals surface area (Å²) in [5.41, 5.74) is -0.0371. The third-order valence-electron chi connectivity index (χ3n) is 2.88. The van der Waals surface area contributed by atoms with E-state index >= 15 is 0 Å². The normalized spacial score (nSPS) is 12.0. The maximum absolute atomic E-state index is 11.9. The van der Waals surface area contributed by atoms with Gasteiger partial charge in [-0.15, -0.1) is 0 Å². The van der Waals surface area contributed by atoms with Crippen molar-refractivity contribution < 1.29 is 22.3 Å². The fraction of sp³-hybridized carbons (Fsp3) is 0.286. The number of hydrogen-bond acceptors (Lipinski definition) is 5. The highest BCUT2D eigenvalue weighted by Crippen LogP contribution is 2.24. The molecular formula is C14H17N3O5S. The van der Waals surface area contributed by atoms with Gasteiger partial charge in [-0.2, -0.15) is 8.42 Å². The van der Waals surface area contributed by atoms with Crippen LogP contribution in [0, 0.1) is 0 Å². The monoisotopic (exact) mass is 339 g/mol. The lowest BCUT2D eigenvalue weighted by molar-refractivity contribution is 0.262. The average molecular weight is 339 g/mol. The van der Waals surface area contributed by atoms with Crippen LogP contribution in [-0.2, 0) is 15.5 Å². The van der Waals surface area contributed by atoms with Gasteiger partial charge in [-0.3, -0.25) is 9.87 Å². The maximum atomic E-state index is 11.9. The zero-order valence-corrected chi connectivity index (χ0v) is 13.6. The van der Waals surface area contributed by atoms with Crippen molar-refractivity contribution in [3.8, 4) is 0 Å². The fourth-order valence-electron chi connectivity index (χ4n) is 1.70. The Labute approximate surface area is 133 Å². The number of carbonyl (C=O) groups excluding carboxylic acids is 1. The Balaban J connectivity index is 2.07. The van der Waals surface area contributed by atoms with Crippen LogP contribution in [0.1, 0.15) is 26.5 Å². The number of benzene rings is 1. The SMILES string of the molecule is CC(C)(C)c1cc(NC(=O)Nc2cccc(S(=O)(=O)O)c2)no1. The van der Waals surface area contributed by atoms with Crippen LogP contribution in [0.3, 0.4) is 0 Å². The van der Waals surface area contributed by atoms with Crippen molar-refractivity contribution in [3.63, 3.8) is 0 Å². The summed E-state index contributed by atoms with van der Waals surface area (Å²) in [7, 11) is -4.33. The zero-order valence-electron chi connectivity index (χ0n) is 12.8. The van der Waals surface area contributed by atoms with Crippen LogP contribution in [0.25, 0.3) is 0 Å². The number of carbonyl (C=O) groups is 1. The molecule has 0 aliphatic carbocycles. The lowest BCUT2D eigenvalue weighted by atomic mass is 9.93. The first kappa shape index (κ1) is 17.0. The molecule has 0 saturated carbocycles. The molecule has 0 atom stereocenters. The second kappa shape index (κ2) is 6.01. The zero-order chi connectivity index (χ0) is 17.3. The molecule has 1 heterocycles. The summed E-state index contributed by atoms with van der Waals surface area (Å²) in [6, 6.07) is 6.22. The molecule has 0 aliphatic rings. The van der Waals surface area contributed by atoms with Crippen LogP contribution >= 0.6 is 0 Å². The van der Waals surface area contributed by atoms with Crippen LogP contribution < -0.4 is 10.6 Å². The summed E-state index contributed by atoms with van der Waals surface area (Å²) in [5.74, 6) is 0.847. The van der Waals surface area contributed by atoms with Crippen molar-refractivity contribution in [1.29, 1.82) is 0 Å². The first-order valence-corrected chi connectivity index (χ1v) is 8.12. The Kier molecular flexibility index (Phi) is 4.44. The molecule has 2 aromatic rings. The molecule has 0 aliphatic heterocycles. The van der Waals surface area contributed by atoms with Crippen molar-refractivity contribution in [2.45, 2.75) is 31.1 Å². The van der Waals surface area contributed by atoms with E-state index in [1.54, 1.807) is 6.07 Å². The van der Waals surface area contributed by atoms with Gasteiger partial charge in [0.25, 0.3) is 10.1 Å². The van der Waals surface area contributed by atoms with Gasteiger partial charge in [0.15, 0.2) is 5.82 Å². The first-order valence-electron chi connectivity index (χ1n) is 6.68. The number of rotatable bonds is 3. The molecule has 2 amide bonds. The van der Waals surface area contributed by atoms with E-state index in [9.17, 15) is 13.2 Å². The highest BCUT2D eigenvalue weighted by Gasteiger charge is 2.20. The quantitative estimate of drug-likeness (QED) is 0.739. The Morgan fingerprint density at radius 3 is 2.48 bits per heavy atom. The molecule has 8 nitrogen and oxygen atoms in total. The number of nitrogens with one attached hydrogen (secondary N) is 2. The lowest BCUT2D eigenvalue weighted by Crippen LogP contribution is -2.19. The molecule has 2 rings (SSSR count). The Bertz CT molecular complexity index is 821. The molecule has 23 heavy (non-hydrogen) atoms. The van der Waals surface area contributed by atoms with E-state index in [2.05, 4.69) is 15.8 Å². The van der Waals surface area contributed by atoms with Gasteiger partial charge in [-0.25, -0.2) is 4.79 Å². The molecule has 3 N–H and O–H groups in total. The van der Waals surface area contributed by atoms with Gasteiger partial charge in [0, 0.05) is 17.2 Å². The number of anilines is 2. The smallest absolute Gasteiger partial charge is 0.324 e. The predicted octanol–water partition coefficient (Wildman–Crippen LogP) is 2.86. The van der Waals surface area contributed by atoms with Crippen molar-refractivity contribution in [2.24, 2.45) is 0 Å². The number of urea groups is 1. The second-order valence-electron chi connectivity index (χ2n) is 5.91. The number of amides is 2. The lowest BCUT2D eigenvalue weighted by Gasteiger charge is -2.12. The van der Waals surface area contributed by atoms with Crippen molar-refractivity contribution >= 4 is 27.7 Å². The molecule has 9 heteroatoms. The predicted molar refractivity (Wildman–Crippen MR) is 84.1 cm³/mol. The van der Waals surface area contributed by atoms with Gasteiger partial charge in [-0.1, -0.05) is 32.0 Å². The molecule has 1 aromatic heterocycles. The largest absolute Gasteiger partial charge is 0.359 e. The summed E-state index contributed by atoms with van der Waals surface area (Å²) < 4.78 is 36.2. The van der Waals surface area contributed by atoms with Crippen LogP contribution in [0.5, 0.6) is 0 Å². The van der Waals surface area contributed by atoms with E-state index in [0.29, 0.717) is 5.76 Å². The first-order chi connectivity index (χ1) is 10.6. The van der Waals surface area contributed by atoms with Crippen molar-refractivity contribution in [2.75, 3.05) is 10.6 Å². The number of hydrogen-bond donors (Lipinski definition) is 3. The van der Waals surface area contributed by atoms with E-state index < -0.39 is 16.1 Å². The third kappa shape index (κ3) is 4.54. The molecule has 0 fully saturated rings. The molecule has 1 aromatic carbocycles. The summed E-state index contributed by atoms with van der Waals surface area (Å²) in [4.78, 5) is 11.6. The van der Waals surface area contributed by atoms with Crippen molar-refractivity contribution in [3.05, 3.63) is 36.1 Å². The van der Waals surface area contributed by atoms with E-state index in [4.69, 9.17) is 9.08 Å². The third-order valence-corrected chi connectivity index (χ3v) is 3.73. The molecule has 0 saturated heterocycles. The minimum Gasteiger partial charge on any atom is -0.359 e. The highest BCUT2D eigenvalue weighted by molar-refractivity contribution is 7.85. The summed E-state index contributed by atoms with van der Waals surface area (Å²) >= 11 is 0. The molecule has 0 radical (unpaired) electrons. The van der Waals surface area contributed by atoms with Crippen LogP contribution in [0.4, 0.5) is 16.3 Å². The fourth-order valence-corrected chi connectivity index (χ4v) is 2.23. The molecular weight excluding hydrogens is 322 g/mol. The molecule has 0 spiro atoms. The second-order valence-corrected chi connectivity index (χ2v) is 7.33. The van der Waals surface area contributed by atoms with E-state index in [-0.39, 0.29) is 21.8 Å². The standard InChI is InChI=1S/C14H17N3O5S/c1-14(2,3)11-8-12(17-22-11)16-13(18)15-9-5-4-6-10(7-9)23(19,20)21/h4-8H,1-3H3,(H,19,20,21)(H2,15,16,17,18). The maximum Gasteiger partial charge on any atom is 0.324 e. The summed E-state index contributed by atoms with van der Waals surface area (Å²) in [6.07, 6.45) is 0. The number of aromatic nitrogens is 1. The van der Waals surface area contributed by atoms with Crippen molar-refractivity contribution in [1.82, 2.24) is 5.16 Å². The summed E-state index contributed by atoms with van der Waals surface area (Å²) in [5, 5.41) is 8.66. The van der Waals surface area contributed by atoms with Crippen LogP contribution in [-0.4, -0.2) is 24.2 Å². The van der Waals surface area contributed by atoms with Gasteiger partial charge < -0.3 is 9.84 Å². The van der Waals surface area contributed by atoms with Crippen LogP contribution in [0.2, 0.25) is 0 Å². The van der Waals surface area contributed by atoms with E-state index in [0.717, 1.165) is 6.07 Å². The topological polar surface area (TPSA) is 122 Å². The minimum absolute atomic E-state index is 0.206. The highest BCUT2D eigenvalue weighted by atomic mass is 32.2. The van der Waals surface area contributed by atoms with Gasteiger partial charge in [0.05, 0.1) is 4.90 Å².